The summed E-state index contributed by atoms with van der Waals surface area (Å²) in [7, 11) is 0. The molecule has 1 N–H and O–H groups in total. The van der Waals surface area contributed by atoms with E-state index in [1.165, 1.54) is 17.1 Å². The van der Waals surface area contributed by atoms with Crippen molar-refractivity contribution in [3.8, 4) is 5.69 Å². The highest BCUT2D eigenvalue weighted by Gasteiger charge is 2.14. The molecule has 4 heteroatoms. The number of hydrogen-bond acceptors (Lipinski definition) is 2. The van der Waals surface area contributed by atoms with Gasteiger partial charge in [-0.25, -0.2) is 0 Å². The molecule has 0 aliphatic carbocycles. The lowest BCUT2D eigenvalue weighted by Crippen LogP contribution is -2.13. The predicted octanol–water partition coefficient (Wildman–Crippen LogP) is 5.36. The third kappa shape index (κ3) is 3.01. The maximum absolute atomic E-state index is 5.47. The molecule has 0 atom stereocenters. The summed E-state index contributed by atoms with van der Waals surface area (Å²) < 4.78 is 2.25. The van der Waals surface area contributed by atoms with E-state index in [-0.39, 0.29) is 0 Å². The summed E-state index contributed by atoms with van der Waals surface area (Å²) in [6.45, 7) is 4.24. The van der Waals surface area contributed by atoms with E-state index in [0.29, 0.717) is 6.42 Å². The molecule has 124 valence electrons. The first kappa shape index (κ1) is 15.8. The molecule has 0 fully saturated rings. The van der Waals surface area contributed by atoms with Crippen molar-refractivity contribution >= 4 is 34.3 Å². The lowest BCUT2D eigenvalue weighted by molar-refractivity contribution is 0.966. The van der Waals surface area contributed by atoms with E-state index in [2.05, 4.69) is 60.1 Å². The lowest BCUT2D eigenvalue weighted by Gasteiger charge is -2.11. The van der Waals surface area contributed by atoms with Gasteiger partial charge in [0.2, 0.25) is 0 Å². The number of aromatic nitrogens is 1. The average Bonchev–Trinajstić information content (AvgIpc) is 2.84. The molecule has 0 amide bonds. The largest absolute Gasteiger partial charge is 0.348 e. The number of aryl methyl sites for hydroxylation is 2. The smallest absolute Gasteiger partial charge is 0.0868 e. The highest BCUT2D eigenvalue weighted by atomic mass is 32.1. The zero-order valence-corrected chi connectivity index (χ0v) is 15.1. The Morgan fingerprint density at radius 1 is 0.920 bits per heavy atom. The Kier molecular flexibility index (Phi) is 3.98. The molecule has 0 radical (unpaired) electrons. The predicted molar refractivity (Wildman–Crippen MR) is 109 cm³/mol. The van der Waals surface area contributed by atoms with Gasteiger partial charge >= 0.3 is 0 Å². The summed E-state index contributed by atoms with van der Waals surface area (Å²) in [6, 6.07) is 20.8. The highest BCUT2D eigenvalue weighted by Crippen LogP contribution is 2.29. The normalized spacial score (nSPS) is 13.7. The second-order valence-corrected chi connectivity index (χ2v) is 6.79. The van der Waals surface area contributed by atoms with E-state index in [0.717, 1.165) is 27.6 Å². The molecular weight excluding hydrogens is 326 g/mol. The Morgan fingerprint density at radius 2 is 1.60 bits per heavy atom. The second-order valence-electron chi connectivity index (χ2n) is 6.30. The van der Waals surface area contributed by atoms with Crippen LogP contribution in [0.2, 0.25) is 0 Å². The number of rotatable bonds is 2. The third-order valence-corrected chi connectivity index (χ3v) is 4.74. The average molecular weight is 345 g/mol. The zero-order chi connectivity index (χ0) is 17.4. The van der Waals surface area contributed by atoms with Crippen LogP contribution in [0.1, 0.15) is 23.4 Å². The summed E-state index contributed by atoms with van der Waals surface area (Å²) in [5, 5.41) is 3.28. The van der Waals surface area contributed by atoms with Crippen LogP contribution in [0.25, 0.3) is 5.69 Å². The SMILES string of the molecule is Cc1ccc(C)n1-c1ccc(C2=Nc3ccccc3NC(=S)C2)cc1. The Labute approximate surface area is 153 Å². The summed E-state index contributed by atoms with van der Waals surface area (Å²) >= 11 is 5.47. The lowest BCUT2D eigenvalue weighted by atomic mass is 10.1. The standard InChI is InChI=1S/C21H19N3S/c1-14-7-8-15(2)24(14)17-11-9-16(10-12-17)20-13-21(25)23-19-6-4-3-5-18(19)22-20/h3-12H,13H2,1-2H3,(H,23,25). The van der Waals surface area contributed by atoms with Gasteiger partial charge in [-0.05, 0) is 55.8 Å². The van der Waals surface area contributed by atoms with E-state index in [4.69, 9.17) is 17.2 Å². The van der Waals surface area contributed by atoms with Crippen molar-refractivity contribution in [3.05, 3.63) is 77.6 Å². The van der Waals surface area contributed by atoms with Gasteiger partial charge in [-0.15, -0.1) is 0 Å². The number of fused-ring (bicyclic) bond motifs is 1. The van der Waals surface area contributed by atoms with Crippen LogP contribution in [0.4, 0.5) is 11.4 Å². The molecule has 1 aromatic heterocycles. The van der Waals surface area contributed by atoms with Crippen molar-refractivity contribution in [3.63, 3.8) is 0 Å². The Morgan fingerprint density at radius 3 is 2.32 bits per heavy atom. The van der Waals surface area contributed by atoms with Crippen molar-refractivity contribution in [1.29, 1.82) is 0 Å². The van der Waals surface area contributed by atoms with Crippen LogP contribution in [0, 0.1) is 13.8 Å². The number of aliphatic imine (C=N–C) groups is 1. The van der Waals surface area contributed by atoms with Crippen molar-refractivity contribution < 1.29 is 0 Å². The van der Waals surface area contributed by atoms with Crippen LogP contribution >= 0.6 is 12.2 Å². The van der Waals surface area contributed by atoms with Crippen LogP contribution in [-0.2, 0) is 0 Å². The van der Waals surface area contributed by atoms with Gasteiger partial charge in [0.1, 0.15) is 0 Å². The number of benzene rings is 2. The molecule has 0 spiro atoms. The minimum Gasteiger partial charge on any atom is -0.348 e. The zero-order valence-electron chi connectivity index (χ0n) is 14.3. The second kappa shape index (κ2) is 6.30. The minimum atomic E-state index is 0.644. The fraction of sp³-hybridized carbons (Fsp3) is 0.143. The van der Waals surface area contributed by atoms with Crippen LogP contribution < -0.4 is 5.32 Å². The molecule has 1 aliphatic heterocycles. The molecule has 2 aromatic carbocycles. The number of anilines is 1. The van der Waals surface area contributed by atoms with Gasteiger partial charge in [-0.3, -0.25) is 4.99 Å². The van der Waals surface area contributed by atoms with E-state index in [1.807, 2.05) is 24.3 Å². The summed E-state index contributed by atoms with van der Waals surface area (Å²) in [4.78, 5) is 5.64. The molecule has 4 rings (SSSR count). The summed E-state index contributed by atoms with van der Waals surface area (Å²) in [6.07, 6.45) is 0.644. The quantitative estimate of drug-likeness (QED) is 0.634. The molecule has 0 saturated carbocycles. The monoisotopic (exact) mass is 345 g/mol. The fourth-order valence-electron chi connectivity index (χ4n) is 3.25. The van der Waals surface area contributed by atoms with Gasteiger partial charge in [0.25, 0.3) is 0 Å². The molecule has 0 unspecified atom stereocenters. The van der Waals surface area contributed by atoms with E-state index in [9.17, 15) is 0 Å². The highest BCUT2D eigenvalue weighted by molar-refractivity contribution is 7.80. The van der Waals surface area contributed by atoms with Crippen LogP contribution in [0.5, 0.6) is 0 Å². The maximum Gasteiger partial charge on any atom is 0.0868 e. The third-order valence-electron chi connectivity index (χ3n) is 4.49. The van der Waals surface area contributed by atoms with E-state index < -0.39 is 0 Å². The first-order chi connectivity index (χ1) is 12.1. The number of thiocarbonyl (C=S) groups is 1. The molecule has 2 heterocycles. The van der Waals surface area contributed by atoms with Crippen LogP contribution in [0.15, 0.2) is 65.7 Å². The summed E-state index contributed by atoms with van der Waals surface area (Å²) in [5.41, 5.74) is 7.63. The van der Waals surface area contributed by atoms with Gasteiger partial charge in [0, 0.05) is 23.5 Å². The van der Waals surface area contributed by atoms with Gasteiger partial charge in [0.15, 0.2) is 0 Å². The molecule has 3 nitrogen and oxygen atoms in total. The summed E-state index contributed by atoms with van der Waals surface area (Å²) in [5.74, 6) is 0. The molecule has 0 saturated heterocycles. The molecular formula is C21H19N3S. The van der Waals surface area contributed by atoms with E-state index >= 15 is 0 Å². The maximum atomic E-state index is 5.47. The number of para-hydroxylation sites is 2. The van der Waals surface area contributed by atoms with Gasteiger partial charge < -0.3 is 9.88 Å². The Bertz CT molecular complexity index is 961. The molecule has 3 aromatic rings. The van der Waals surface area contributed by atoms with Crippen molar-refractivity contribution in [1.82, 2.24) is 4.57 Å². The first-order valence-corrected chi connectivity index (χ1v) is 8.75. The minimum absolute atomic E-state index is 0.644. The Hall–Kier alpha value is -2.72. The number of nitrogens with zero attached hydrogens (tertiary/aromatic N) is 2. The van der Waals surface area contributed by atoms with Gasteiger partial charge in [0.05, 0.1) is 22.1 Å². The van der Waals surface area contributed by atoms with Gasteiger partial charge in [-0.2, -0.15) is 0 Å². The first-order valence-electron chi connectivity index (χ1n) is 8.34. The number of hydrogen-bond donors (Lipinski definition) is 1. The topological polar surface area (TPSA) is 29.3 Å². The van der Waals surface area contributed by atoms with Crippen LogP contribution in [0.3, 0.4) is 0 Å². The van der Waals surface area contributed by atoms with Crippen molar-refractivity contribution in [2.75, 3.05) is 5.32 Å². The van der Waals surface area contributed by atoms with Gasteiger partial charge in [-0.1, -0.05) is 36.5 Å². The number of nitrogens with one attached hydrogen (secondary N) is 1. The van der Waals surface area contributed by atoms with E-state index in [1.54, 1.807) is 0 Å². The van der Waals surface area contributed by atoms with Crippen molar-refractivity contribution in [2.24, 2.45) is 4.99 Å². The van der Waals surface area contributed by atoms with Crippen molar-refractivity contribution in [2.45, 2.75) is 20.3 Å². The fourth-order valence-corrected chi connectivity index (χ4v) is 3.50. The van der Waals surface area contributed by atoms with Crippen LogP contribution in [-0.4, -0.2) is 15.3 Å². The Balaban J connectivity index is 1.73. The molecule has 1 aliphatic rings. The molecule has 25 heavy (non-hydrogen) atoms. The molecule has 0 bridgehead atoms.